The molecular weight excluding hydrogens is 324 g/mol. The highest BCUT2D eigenvalue weighted by atomic mass is 32.1. The first-order valence-electron chi connectivity index (χ1n) is 7.43. The predicted octanol–water partition coefficient (Wildman–Crippen LogP) is 4.10. The summed E-state index contributed by atoms with van der Waals surface area (Å²) in [6, 6.07) is 12.8. The molecule has 0 fully saturated rings. The molecule has 4 rings (SSSR count). The summed E-state index contributed by atoms with van der Waals surface area (Å²) in [7, 11) is 0. The van der Waals surface area contributed by atoms with Crippen LogP contribution in [0.15, 0.2) is 47.8 Å². The van der Waals surface area contributed by atoms with Crippen LogP contribution < -0.4 is 14.8 Å². The number of benzene rings is 2. The first kappa shape index (κ1) is 14.7. The maximum atomic E-state index is 12.6. The summed E-state index contributed by atoms with van der Waals surface area (Å²) in [6.45, 7) is 2.15. The first-order valence-corrected chi connectivity index (χ1v) is 8.31. The molecule has 0 aliphatic carbocycles. The third-order valence-electron chi connectivity index (χ3n) is 3.70. The van der Waals surface area contributed by atoms with Crippen molar-refractivity contribution in [2.45, 2.75) is 6.92 Å². The molecule has 1 N–H and O–H groups in total. The van der Waals surface area contributed by atoms with Crippen molar-refractivity contribution in [2.75, 3.05) is 12.1 Å². The van der Waals surface area contributed by atoms with Crippen molar-refractivity contribution < 1.29 is 14.3 Å². The van der Waals surface area contributed by atoms with Crippen LogP contribution in [0.2, 0.25) is 0 Å². The molecule has 0 saturated carbocycles. The molecular formula is C18H14N2O3S. The zero-order valence-electron chi connectivity index (χ0n) is 12.9. The van der Waals surface area contributed by atoms with Crippen LogP contribution in [0.3, 0.4) is 0 Å². The van der Waals surface area contributed by atoms with Gasteiger partial charge in [-0.2, -0.15) is 0 Å². The molecule has 6 heteroatoms. The van der Waals surface area contributed by atoms with Crippen molar-refractivity contribution in [3.63, 3.8) is 0 Å². The third kappa shape index (κ3) is 2.72. The maximum absolute atomic E-state index is 12.6. The highest BCUT2D eigenvalue weighted by Crippen LogP contribution is 2.33. The maximum Gasteiger partial charge on any atom is 0.255 e. The minimum Gasteiger partial charge on any atom is -0.454 e. The molecule has 120 valence electrons. The summed E-state index contributed by atoms with van der Waals surface area (Å²) in [5.74, 6) is 1.05. The number of carbonyl (C=O) groups excluding carboxylic acids is 1. The van der Waals surface area contributed by atoms with Crippen LogP contribution in [0.1, 0.15) is 15.4 Å². The number of carbonyl (C=O) groups is 1. The second-order valence-corrected chi connectivity index (χ2v) is 6.38. The number of amides is 1. The van der Waals surface area contributed by atoms with E-state index in [0.717, 1.165) is 22.0 Å². The van der Waals surface area contributed by atoms with Crippen LogP contribution in [0.5, 0.6) is 11.5 Å². The number of nitrogens with one attached hydrogen (secondary N) is 1. The molecule has 0 saturated heterocycles. The molecule has 1 aromatic heterocycles. The minimum atomic E-state index is -0.201. The molecule has 0 bridgehead atoms. The Morgan fingerprint density at radius 2 is 2.00 bits per heavy atom. The molecule has 2 aromatic carbocycles. The Morgan fingerprint density at radius 3 is 2.83 bits per heavy atom. The van der Waals surface area contributed by atoms with Crippen molar-refractivity contribution in [2.24, 2.45) is 0 Å². The molecule has 3 aromatic rings. The SMILES string of the molecule is Cc1nc(-c2ccccc2NC(=O)c2ccc3c(c2)OCO3)cs1. The summed E-state index contributed by atoms with van der Waals surface area (Å²) in [5.41, 5.74) is 3.00. The topological polar surface area (TPSA) is 60.5 Å². The molecule has 0 atom stereocenters. The van der Waals surface area contributed by atoms with Crippen LogP contribution in [0, 0.1) is 6.92 Å². The van der Waals surface area contributed by atoms with Gasteiger partial charge in [0, 0.05) is 16.5 Å². The number of nitrogens with zero attached hydrogens (tertiary/aromatic N) is 1. The number of para-hydroxylation sites is 1. The smallest absolute Gasteiger partial charge is 0.255 e. The Kier molecular flexibility index (Phi) is 3.66. The summed E-state index contributed by atoms with van der Waals surface area (Å²) in [4.78, 5) is 17.1. The molecule has 1 aliphatic rings. The Hall–Kier alpha value is -2.86. The minimum absolute atomic E-state index is 0.187. The van der Waals surface area contributed by atoms with Crippen LogP contribution in [0.4, 0.5) is 5.69 Å². The number of aromatic nitrogens is 1. The molecule has 1 aliphatic heterocycles. The van der Waals surface area contributed by atoms with Gasteiger partial charge in [-0.3, -0.25) is 4.79 Å². The standard InChI is InChI=1S/C18H14N2O3S/c1-11-19-15(9-24-11)13-4-2-3-5-14(13)20-18(21)12-6-7-16-17(8-12)23-10-22-16/h2-9H,10H2,1H3,(H,20,21). The van der Waals surface area contributed by atoms with E-state index in [1.54, 1.807) is 29.5 Å². The highest BCUT2D eigenvalue weighted by molar-refractivity contribution is 7.09. The summed E-state index contributed by atoms with van der Waals surface area (Å²) in [5, 5.41) is 5.93. The molecule has 0 spiro atoms. The number of anilines is 1. The second-order valence-electron chi connectivity index (χ2n) is 5.32. The Balaban J connectivity index is 1.63. The molecule has 5 nitrogen and oxygen atoms in total. The van der Waals surface area contributed by atoms with Gasteiger partial charge in [0.1, 0.15) is 0 Å². The molecule has 2 heterocycles. The summed E-state index contributed by atoms with van der Waals surface area (Å²) in [6.07, 6.45) is 0. The van der Waals surface area contributed by atoms with Crippen LogP contribution >= 0.6 is 11.3 Å². The zero-order valence-corrected chi connectivity index (χ0v) is 13.7. The Labute approximate surface area is 142 Å². The van der Waals surface area contributed by atoms with E-state index in [1.165, 1.54) is 0 Å². The molecule has 1 amide bonds. The van der Waals surface area contributed by atoms with Crippen LogP contribution in [0.25, 0.3) is 11.3 Å². The molecule has 0 radical (unpaired) electrons. The van der Waals surface area contributed by atoms with E-state index in [2.05, 4.69) is 10.3 Å². The fourth-order valence-electron chi connectivity index (χ4n) is 2.53. The number of hydrogen-bond acceptors (Lipinski definition) is 5. The average Bonchev–Trinajstić information content (AvgIpc) is 3.23. The molecule has 24 heavy (non-hydrogen) atoms. The van der Waals surface area contributed by atoms with Crippen molar-refractivity contribution in [3.05, 3.63) is 58.4 Å². The van der Waals surface area contributed by atoms with Crippen LogP contribution in [-0.2, 0) is 0 Å². The van der Waals surface area contributed by atoms with Gasteiger partial charge in [0.05, 0.1) is 16.4 Å². The number of aryl methyl sites for hydroxylation is 1. The van der Waals surface area contributed by atoms with Gasteiger partial charge < -0.3 is 14.8 Å². The number of fused-ring (bicyclic) bond motifs is 1. The lowest BCUT2D eigenvalue weighted by molar-refractivity contribution is 0.102. The lowest BCUT2D eigenvalue weighted by atomic mass is 10.1. The van der Waals surface area contributed by atoms with E-state index in [9.17, 15) is 4.79 Å². The van der Waals surface area contributed by atoms with E-state index < -0.39 is 0 Å². The fourth-order valence-corrected chi connectivity index (χ4v) is 3.15. The first-order chi connectivity index (χ1) is 11.7. The van der Waals surface area contributed by atoms with Crippen LogP contribution in [-0.4, -0.2) is 17.7 Å². The van der Waals surface area contributed by atoms with E-state index in [1.807, 2.05) is 36.6 Å². The summed E-state index contributed by atoms with van der Waals surface area (Å²) >= 11 is 1.58. The second kappa shape index (κ2) is 5.98. The Bertz CT molecular complexity index is 920. The van der Waals surface area contributed by atoms with E-state index in [4.69, 9.17) is 9.47 Å². The average molecular weight is 338 g/mol. The Morgan fingerprint density at radius 1 is 1.17 bits per heavy atom. The van der Waals surface area contributed by atoms with Gasteiger partial charge in [-0.25, -0.2) is 4.98 Å². The van der Waals surface area contributed by atoms with Crippen molar-refractivity contribution >= 4 is 22.9 Å². The van der Waals surface area contributed by atoms with Gasteiger partial charge in [0.25, 0.3) is 5.91 Å². The van der Waals surface area contributed by atoms with Crippen molar-refractivity contribution in [1.82, 2.24) is 4.98 Å². The largest absolute Gasteiger partial charge is 0.454 e. The van der Waals surface area contributed by atoms with Crippen molar-refractivity contribution in [1.29, 1.82) is 0 Å². The van der Waals surface area contributed by atoms with Gasteiger partial charge in [0.2, 0.25) is 6.79 Å². The summed E-state index contributed by atoms with van der Waals surface area (Å²) < 4.78 is 10.6. The van der Waals surface area contributed by atoms with E-state index in [0.29, 0.717) is 17.1 Å². The number of thiazole rings is 1. The quantitative estimate of drug-likeness (QED) is 0.781. The van der Waals surface area contributed by atoms with Crippen molar-refractivity contribution in [3.8, 4) is 22.8 Å². The normalized spacial score (nSPS) is 12.2. The van der Waals surface area contributed by atoms with E-state index >= 15 is 0 Å². The molecule has 0 unspecified atom stereocenters. The number of hydrogen-bond donors (Lipinski definition) is 1. The van der Waals surface area contributed by atoms with Gasteiger partial charge in [-0.15, -0.1) is 11.3 Å². The predicted molar refractivity (Wildman–Crippen MR) is 92.8 cm³/mol. The van der Waals surface area contributed by atoms with E-state index in [-0.39, 0.29) is 12.7 Å². The highest BCUT2D eigenvalue weighted by Gasteiger charge is 2.17. The van der Waals surface area contributed by atoms with Gasteiger partial charge in [-0.05, 0) is 31.2 Å². The zero-order chi connectivity index (χ0) is 16.5. The monoisotopic (exact) mass is 338 g/mol. The number of rotatable bonds is 3. The number of ether oxygens (including phenoxy) is 2. The van der Waals surface area contributed by atoms with Gasteiger partial charge in [0.15, 0.2) is 11.5 Å². The lowest BCUT2D eigenvalue weighted by Gasteiger charge is -2.10. The lowest BCUT2D eigenvalue weighted by Crippen LogP contribution is -2.12. The van der Waals surface area contributed by atoms with Gasteiger partial charge >= 0.3 is 0 Å². The fraction of sp³-hybridized carbons (Fsp3) is 0.111. The third-order valence-corrected chi connectivity index (χ3v) is 4.48. The van der Waals surface area contributed by atoms with Gasteiger partial charge in [-0.1, -0.05) is 18.2 Å².